The Bertz CT molecular complexity index is 486. The van der Waals surface area contributed by atoms with E-state index in [9.17, 15) is 14.3 Å². The summed E-state index contributed by atoms with van der Waals surface area (Å²) in [5.74, 6) is -0.540. The molecule has 0 bridgehead atoms. The molecule has 2 nitrogen and oxygen atoms in total. The Morgan fingerprint density at radius 1 is 1.29 bits per heavy atom. The molecule has 118 valence electrons. The molecule has 3 heteroatoms. The summed E-state index contributed by atoms with van der Waals surface area (Å²) < 4.78 is 14.5. The fourth-order valence-corrected chi connectivity index (χ4v) is 2.11. The second-order valence-corrected chi connectivity index (χ2v) is 7.23. The molecule has 0 fully saturated rings. The minimum absolute atomic E-state index is 0.00947. The van der Waals surface area contributed by atoms with Gasteiger partial charge in [-0.15, -0.1) is 0 Å². The van der Waals surface area contributed by atoms with Crippen molar-refractivity contribution in [1.29, 1.82) is 0 Å². The van der Waals surface area contributed by atoms with Crippen LogP contribution >= 0.6 is 0 Å². The van der Waals surface area contributed by atoms with Crippen LogP contribution in [0.5, 0.6) is 0 Å². The van der Waals surface area contributed by atoms with Gasteiger partial charge in [0.05, 0.1) is 6.10 Å². The Balaban J connectivity index is 2.87. The summed E-state index contributed by atoms with van der Waals surface area (Å²) in [6.45, 7) is 9.89. The third-order valence-corrected chi connectivity index (χ3v) is 3.64. The monoisotopic (exact) mass is 294 g/mol. The molecule has 0 unspecified atom stereocenters. The van der Waals surface area contributed by atoms with E-state index in [0.717, 1.165) is 6.42 Å². The van der Waals surface area contributed by atoms with Crippen LogP contribution in [0.4, 0.5) is 4.39 Å². The van der Waals surface area contributed by atoms with Crippen molar-refractivity contribution in [3.05, 3.63) is 35.1 Å². The SMILES string of the molecule is CC(C)C(=O)Cc1cccc([C@@H](O)CCC(C)(C)C)c1F. The quantitative estimate of drug-likeness (QED) is 0.841. The van der Waals surface area contributed by atoms with Gasteiger partial charge in [-0.1, -0.05) is 52.8 Å². The van der Waals surface area contributed by atoms with Crippen LogP contribution in [0.3, 0.4) is 0 Å². The van der Waals surface area contributed by atoms with Crippen molar-refractivity contribution in [3.8, 4) is 0 Å². The number of ketones is 1. The standard InChI is InChI=1S/C18H27FO2/c1-12(2)16(21)11-13-7-6-8-14(17(13)19)15(20)9-10-18(3,4)5/h6-8,12,15,20H,9-11H2,1-5H3/t15-/m0/s1. The first-order valence-electron chi connectivity index (χ1n) is 7.60. The zero-order chi connectivity index (χ0) is 16.2. The van der Waals surface area contributed by atoms with E-state index in [1.807, 2.05) is 13.8 Å². The van der Waals surface area contributed by atoms with Crippen LogP contribution in [0.25, 0.3) is 0 Å². The maximum absolute atomic E-state index is 14.5. The minimum atomic E-state index is -0.821. The Morgan fingerprint density at radius 2 is 1.90 bits per heavy atom. The first kappa shape index (κ1) is 17.8. The Hall–Kier alpha value is -1.22. The van der Waals surface area contributed by atoms with Gasteiger partial charge < -0.3 is 5.11 Å². The summed E-state index contributed by atoms with van der Waals surface area (Å²) in [6.07, 6.45) is 0.590. The lowest BCUT2D eigenvalue weighted by atomic mass is 9.87. The summed E-state index contributed by atoms with van der Waals surface area (Å²) in [7, 11) is 0. The highest BCUT2D eigenvalue weighted by atomic mass is 19.1. The number of rotatable bonds is 6. The van der Waals surface area contributed by atoms with Gasteiger partial charge in [0.25, 0.3) is 0 Å². The second kappa shape index (κ2) is 7.17. The van der Waals surface area contributed by atoms with Crippen molar-refractivity contribution >= 4 is 5.78 Å². The van der Waals surface area contributed by atoms with E-state index in [1.165, 1.54) is 0 Å². The number of benzene rings is 1. The summed E-state index contributed by atoms with van der Waals surface area (Å²) in [5, 5.41) is 10.2. The molecular weight excluding hydrogens is 267 g/mol. The van der Waals surface area contributed by atoms with Crippen LogP contribution in [0.15, 0.2) is 18.2 Å². The van der Waals surface area contributed by atoms with Gasteiger partial charge in [0.1, 0.15) is 11.6 Å². The maximum Gasteiger partial charge on any atom is 0.139 e. The van der Waals surface area contributed by atoms with Gasteiger partial charge in [0, 0.05) is 17.9 Å². The number of Topliss-reactive ketones (excluding diaryl/α,β-unsaturated/α-hetero) is 1. The van der Waals surface area contributed by atoms with E-state index in [2.05, 4.69) is 20.8 Å². The highest BCUT2D eigenvalue weighted by Gasteiger charge is 2.20. The highest BCUT2D eigenvalue weighted by Crippen LogP contribution is 2.29. The van der Waals surface area contributed by atoms with E-state index < -0.39 is 11.9 Å². The van der Waals surface area contributed by atoms with Crippen LogP contribution in [0.2, 0.25) is 0 Å². The summed E-state index contributed by atoms with van der Waals surface area (Å²) >= 11 is 0. The van der Waals surface area contributed by atoms with Gasteiger partial charge in [0.2, 0.25) is 0 Å². The molecule has 0 saturated heterocycles. The van der Waals surface area contributed by atoms with Crippen molar-refractivity contribution in [2.75, 3.05) is 0 Å². The van der Waals surface area contributed by atoms with Gasteiger partial charge >= 0.3 is 0 Å². The molecule has 0 aliphatic carbocycles. The number of aliphatic hydroxyl groups is 1. The van der Waals surface area contributed by atoms with Crippen LogP contribution in [0, 0.1) is 17.2 Å². The van der Waals surface area contributed by atoms with Crippen molar-refractivity contribution in [3.63, 3.8) is 0 Å². The minimum Gasteiger partial charge on any atom is -0.388 e. The summed E-state index contributed by atoms with van der Waals surface area (Å²) in [6, 6.07) is 4.93. The van der Waals surface area contributed by atoms with Crippen LogP contribution < -0.4 is 0 Å². The molecule has 0 spiro atoms. The van der Waals surface area contributed by atoms with E-state index in [-0.39, 0.29) is 23.5 Å². The largest absolute Gasteiger partial charge is 0.388 e. The van der Waals surface area contributed by atoms with E-state index in [0.29, 0.717) is 17.5 Å². The molecule has 0 saturated carbocycles. The molecule has 1 rings (SSSR count). The Labute approximate surface area is 127 Å². The smallest absolute Gasteiger partial charge is 0.139 e. The first-order valence-corrected chi connectivity index (χ1v) is 7.60. The molecule has 21 heavy (non-hydrogen) atoms. The van der Waals surface area contributed by atoms with E-state index in [1.54, 1.807) is 18.2 Å². The van der Waals surface area contributed by atoms with Gasteiger partial charge in [0.15, 0.2) is 0 Å². The number of carbonyl (C=O) groups is 1. The average Bonchev–Trinajstić information content (AvgIpc) is 2.37. The molecule has 1 aromatic rings. The molecular formula is C18H27FO2. The molecule has 0 radical (unpaired) electrons. The van der Waals surface area contributed by atoms with Crippen LogP contribution in [0.1, 0.15) is 64.7 Å². The molecule has 0 aromatic heterocycles. The van der Waals surface area contributed by atoms with Gasteiger partial charge in [-0.05, 0) is 23.8 Å². The normalized spacial score (nSPS) is 13.5. The maximum atomic E-state index is 14.5. The van der Waals surface area contributed by atoms with Crippen LogP contribution in [-0.4, -0.2) is 10.9 Å². The fourth-order valence-electron chi connectivity index (χ4n) is 2.11. The van der Waals surface area contributed by atoms with Gasteiger partial charge in [-0.2, -0.15) is 0 Å². The molecule has 0 heterocycles. The first-order chi connectivity index (χ1) is 9.61. The number of aliphatic hydroxyl groups excluding tert-OH is 1. The van der Waals surface area contributed by atoms with Crippen molar-refractivity contribution in [1.82, 2.24) is 0 Å². The zero-order valence-corrected chi connectivity index (χ0v) is 13.7. The zero-order valence-electron chi connectivity index (χ0n) is 13.7. The lowest BCUT2D eigenvalue weighted by Crippen LogP contribution is -2.13. The topological polar surface area (TPSA) is 37.3 Å². The van der Waals surface area contributed by atoms with Crippen LogP contribution in [-0.2, 0) is 11.2 Å². The van der Waals surface area contributed by atoms with Gasteiger partial charge in [-0.3, -0.25) is 4.79 Å². The number of hydrogen-bond acceptors (Lipinski definition) is 2. The lowest BCUT2D eigenvalue weighted by molar-refractivity contribution is -0.121. The Kier molecular flexibility index (Phi) is 6.09. The summed E-state index contributed by atoms with van der Waals surface area (Å²) in [4.78, 5) is 11.8. The average molecular weight is 294 g/mol. The Morgan fingerprint density at radius 3 is 2.43 bits per heavy atom. The number of hydrogen-bond donors (Lipinski definition) is 1. The molecule has 1 atom stereocenters. The fraction of sp³-hybridized carbons (Fsp3) is 0.611. The summed E-state index contributed by atoms with van der Waals surface area (Å²) in [5.41, 5.74) is 0.775. The van der Waals surface area contributed by atoms with Crippen molar-refractivity contribution in [2.24, 2.45) is 11.3 Å². The highest BCUT2D eigenvalue weighted by molar-refractivity contribution is 5.82. The third-order valence-electron chi connectivity index (χ3n) is 3.64. The van der Waals surface area contributed by atoms with E-state index >= 15 is 0 Å². The molecule has 0 aliphatic heterocycles. The van der Waals surface area contributed by atoms with Crippen molar-refractivity contribution in [2.45, 2.75) is 60.0 Å². The molecule has 1 N–H and O–H groups in total. The molecule has 1 aromatic carbocycles. The predicted molar refractivity (Wildman–Crippen MR) is 83.6 cm³/mol. The van der Waals surface area contributed by atoms with Gasteiger partial charge in [-0.25, -0.2) is 4.39 Å². The lowest BCUT2D eigenvalue weighted by Gasteiger charge is -2.21. The predicted octanol–water partition coefficient (Wildman–Crippen LogP) is 4.45. The van der Waals surface area contributed by atoms with Crippen molar-refractivity contribution < 1.29 is 14.3 Å². The van der Waals surface area contributed by atoms with E-state index in [4.69, 9.17) is 0 Å². The number of halogens is 1. The third kappa shape index (κ3) is 5.58. The number of carbonyl (C=O) groups excluding carboxylic acids is 1. The molecule has 0 amide bonds. The second-order valence-electron chi connectivity index (χ2n) is 7.23. The molecule has 0 aliphatic rings.